The summed E-state index contributed by atoms with van der Waals surface area (Å²) in [4.78, 5) is 8.62. The summed E-state index contributed by atoms with van der Waals surface area (Å²) in [5.74, 6) is 1.19. The van der Waals surface area contributed by atoms with E-state index in [-0.39, 0.29) is 0 Å². The summed E-state index contributed by atoms with van der Waals surface area (Å²) in [6.45, 7) is 0.869. The average molecular weight is 324 g/mol. The normalized spacial score (nSPS) is 12.6. The van der Waals surface area contributed by atoms with Crippen molar-refractivity contribution in [3.63, 3.8) is 0 Å². The number of hydrogen-bond acceptors (Lipinski definition) is 2. The maximum absolute atomic E-state index is 4.37. The highest BCUT2D eigenvalue weighted by atomic mass is 15.2. The van der Waals surface area contributed by atoms with E-state index in [1.807, 2.05) is 24.9 Å². The Hall–Kier alpha value is -3.47. The van der Waals surface area contributed by atoms with Crippen LogP contribution in [0.1, 0.15) is 5.56 Å². The third-order valence-corrected chi connectivity index (χ3v) is 5.01. The molecule has 5 heteroatoms. The van der Waals surface area contributed by atoms with Crippen LogP contribution in [0.15, 0.2) is 73.6 Å². The maximum Gasteiger partial charge on any atom is 0.297 e. The number of pyridine rings is 1. The average Bonchev–Trinajstić information content (AvgIpc) is 3.30. The van der Waals surface area contributed by atoms with Crippen molar-refractivity contribution in [1.29, 1.82) is 0 Å². The van der Waals surface area contributed by atoms with Gasteiger partial charge in [0.15, 0.2) is 5.52 Å². The van der Waals surface area contributed by atoms with Crippen LogP contribution in [0.25, 0.3) is 33.6 Å². The molecule has 118 valence electrons. The standard InChI is InChI=1S/C20H14N5/c1-2-4-15(5-3-1)25-19-17-7-9-22-13-23(17)12-18(19)24-11-14-6-8-21-10-16(14)20(24)25/h1-10,12-13H,11H2/q+1. The summed E-state index contributed by atoms with van der Waals surface area (Å²) in [5.41, 5.74) is 7.24. The van der Waals surface area contributed by atoms with Crippen LogP contribution in [0.4, 0.5) is 0 Å². The SMILES string of the molecule is c1ccc(-n2c3[n+](c4cn5cnccc5c42)Cc2ccncc2-3)cc1. The predicted octanol–water partition coefficient (Wildman–Crippen LogP) is 2.99. The summed E-state index contributed by atoms with van der Waals surface area (Å²) < 4.78 is 6.82. The van der Waals surface area contributed by atoms with E-state index in [1.165, 1.54) is 28.0 Å². The molecule has 0 N–H and O–H groups in total. The van der Waals surface area contributed by atoms with Crippen LogP contribution in [0.5, 0.6) is 0 Å². The zero-order valence-electron chi connectivity index (χ0n) is 13.4. The van der Waals surface area contributed by atoms with Crippen molar-refractivity contribution in [2.75, 3.05) is 0 Å². The fourth-order valence-corrected chi connectivity index (χ4v) is 3.95. The number of aromatic nitrogens is 5. The van der Waals surface area contributed by atoms with Crippen LogP contribution >= 0.6 is 0 Å². The summed E-state index contributed by atoms with van der Waals surface area (Å²) in [5, 5.41) is 0. The van der Waals surface area contributed by atoms with E-state index in [9.17, 15) is 0 Å². The summed E-state index contributed by atoms with van der Waals surface area (Å²) in [6.07, 6.45) is 9.72. The van der Waals surface area contributed by atoms with Crippen LogP contribution in [0.3, 0.4) is 0 Å². The van der Waals surface area contributed by atoms with Gasteiger partial charge in [0.2, 0.25) is 5.52 Å². The first kappa shape index (κ1) is 12.9. The molecular formula is C20H14N5+. The Morgan fingerprint density at radius 2 is 1.84 bits per heavy atom. The number of para-hydroxylation sites is 1. The van der Waals surface area contributed by atoms with E-state index >= 15 is 0 Å². The van der Waals surface area contributed by atoms with E-state index in [1.54, 1.807) is 0 Å². The van der Waals surface area contributed by atoms with Gasteiger partial charge in [0.1, 0.15) is 17.7 Å². The molecule has 0 fully saturated rings. The lowest BCUT2D eigenvalue weighted by molar-refractivity contribution is -0.645. The van der Waals surface area contributed by atoms with Gasteiger partial charge in [-0.2, -0.15) is 4.57 Å². The minimum absolute atomic E-state index is 0.869. The number of fused-ring (bicyclic) bond motifs is 7. The third kappa shape index (κ3) is 1.59. The lowest BCUT2D eigenvalue weighted by Gasteiger charge is -2.02. The Morgan fingerprint density at radius 3 is 2.76 bits per heavy atom. The molecule has 6 rings (SSSR count). The predicted molar refractivity (Wildman–Crippen MR) is 94.6 cm³/mol. The van der Waals surface area contributed by atoms with Gasteiger partial charge in [-0.15, -0.1) is 0 Å². The highest BCUT2D eigenvalue weighted by Gasteiger charge is 2.36. The number of hydrogen-bond donors (Lipinski definition) is 0. The van der Waals surface area contributed by atoms with E-state index in [0.29, 0.717) is 0 Å². The fourth-order valence-electron chi connectivity index (χ4n) is 3.95. The van der Waals surface area contributed by atoms with Crippen molar-refractivity contribution < 1.29 is 4.57 Å². The van der Waals surface area contributed by atoms with Crippen molar-refractivity contribution in [2.24, 2.45) is 0 Å². The Kier molecular flexibility index (Phi) is 2.34. The van der Waals surface area contributed by atoms with Crippen molar-refractivity contribution in [1.82, 2.24) is 18.9 Å². The van der Waals surface area contributed by atoms with Gasteiger partial charge in [0.25, 0.3) is 5.82 Å². The van der Waals surface area contributed by atoms with E-state index in [2.05, 4.69) is 72.2 Å². The maximum atomic E-state index is 4.37. The van der Waals surface area contributed by atoms with Crippen LogP contribution in [0, 0.1) is 0 Å². The molecule has 0 aliphatic carbocycles. The molecule has 5 heterocycles. The topological polar surface area (TPSA) is 39.0 Å². The first-order chi connectivity index (χ1) is 12.4. The number of rotatable bonds is 1. The van der Waals surface area contributed by atoms with Crippen molar-refractivity contribution >= 4 is 16.6 Å². The molecule has 1 aliphatic heterocycles. The summed E-state index contributed by atoms with van der Waals surface area (Å²) >= 11 is 0. The van der Waals surface area contributed by atoms with Gasteiger partial charge >= 0.3 is 0 Å². The zero-order chi connectivity index (χ0) is 16.4. The molecule has 0 bridgehead atoms. The van der Waals surface area contributed by atoms with Crippen LogP contribution < -0.4 is 4.57 Å². The van der Waals surface area contributed by atoms with Gasteiger partial charge in [-0.3, -0.25) is 9.38 Å². The van der Waals surface area contributed by atoms with Crippen LogP contribution in [0.2, 0.25) is 0 Å². The van der Waals surface area contributed by atoms with Crippen LogP contribution in [-0.4, -0.2) is 18.9 Å². The molecule has 0 saturated carbocycles. The molecule has 4 aromatic heterocycles. The molecule has 5 aromatic rings. The largest absolute Gasteiger partial charge is 0.299 e. The number of imidazole rings is 1. The summed E-state index contributed by atoms with van der Waals surface area (Å²) in [6, 6.07) is 14.7. The molecule has 0 unspecified atom stereocenters. The second kappa shape index (κ2) is 4.54. The highest BCUT2D eigenvalue weighted by Crippen LogP contribution is 2.35. The molecule has 0 spiro atoms. The minimum Gasteiger partial charge on any atom is -0.299 e. The van der Waals surface area contributed by atoms with Crippen LogP contribution in [-0.2, 0) is 6.54 Å². The van der Waals surface area contributed by atoms with Gasteiger partial charge < -0.3 is 0 Å². The number of benzene rings is 1. The third-order valence-electron chi connectivity index (χ3n) is 5.01. The quantitative estimate of drug-likeness (QED) is 0.436. The van der Waals surface area contributed by atoms with E-state index in [4.69, 9.17) is 0 Å². The van der Waals surface area contributed by atoms with Gasteiger partial charge in [-0.1, -0.05) is 18.2 Å². The molecule has 0 amide bonds. The Bertz CT molecular complexity index is 1260. The Morgan fingerprint density at radius 1 is 0.960 bits per heavy atom. The van der Waals surface area contributed by atoms with Crippen molar-refractivity contribution in [2.45, 2.75) is 6.54 Å². The zero-order valence-corrected chi connectivity index (χ0v) is 13.4. The summed E-state index contributed by atoms with van der Waals surface area (Å²) in [7, 11) is 0. The molecular weight excluding hydrogens is 310 g/mol. The van der Waals surface area contributed by atoms with Crippen molar-refractivity contribution in [3.05, 3.63) is 79.1 Å². The van der Waals surface area contributed by atoms with Gasteiger partial charge in [-0.25, -0.2) is 9.55 Å². The lowest BCUT2D eigenvalue weighted by Crippen LogP contribution is -2.31. The molecule has 5 nitrogen and oxygen atoms in total. The Labute approximate surface area is 143 Å². The van der Waals surface area contributed by atoms with Gasteiger partial charge in [0.05, 0.1) is 18.1 Å². The second-order valence-electron chi connectivity index (χ2n) is 6.35. The monoisotopic (exact) mass is 324 g/mol. The molecule has 1 aliphatic rings. The molecule has 0 atom stereocenters. The first-order valence-corrected chi connectivity index (χ1v) is 8.29. The fraction of sp³-hybridized carbons (Fsp3) is 0.0500. The number of nitrogens with zero attached hydrogens (tertiary/aromatic N) is 5. The van der Waals surface area contributed by atoms with E-state index < -0.39 is 0 Å². The molecule has 1 aromatic carbocycles. The lowest BCUT2D eigenvalue weighted by atomic mass is 10.1. The van der Waals surface area contributed by atoms with E-state index in [0.717, 1.165) is 17.7 Å². The van der Waals surface area contributed by atoms with Gasteiger partial charge in [-0.05, 0) is 24.3 Å². The second-order valence-corrected chi connectivity index (χ2v) is 6.35. The smallest absolute Gasteiger partial charge is 0.297 e. The van der Waals surface area contributed by atoms with Crippen molar-refractivity contribution in [3.8, 4) is 17.1 Å². The molecule has 25 heavy (non-hydrogen) atoms. The first-order valence-electron chi connectivity index (χ1n) is 8.29. The van der Waals surface area contributed by atoms with Gasteiger partial charge in [0, 0.05) is 24.2 Å². The minimum atomic E-state index is 0.869. The Balaban J connectivity index is 1.84. The highest BCUT2D eigenvalue weighted by molar-refractivity contribution is 5.94. The molecule has 0 saturated heterocycles. The molecule has 0 radical (unpaired) electrons.